The number of hydrogen-bond acceptors (Lipinski definition) is 3. The molecule has 144 valence electrons. The second kappa shape index (κ2) is 10.0. The number of para-hydroxylation sites is 1. The topological polar surface area (TPSA) is 41.6 Å². The Labute approximate surface area is 162 Å². The molecular weight excluding hydrogens is 336 g/mol. The third kappa shape index (κ3) is 5.49. The summed E-state index contributed by atoms with van der Waals surface area (Å²) in [5, 5.41) is 3.03. The number of ether oxygens (including phenoxy) is 1. The molecule has 2 aromatic rings. The molecule has 1 fully saturated rings. The number of benzene rings is 2. The molecule has 0 unspecified atom stereocenters. The highest BCUT2D eigenvalue weighted by Gasteiger charge is 2.15. The Hall–Kier alpha value is -2.49. The molecule has 1 heterocycles. The van der Waals surface area contributed by atoms with Gasteiger partial charge in [-0.25, -0.2) is 0 Å². The van der Waals surface area contributed by atoms with Crippen molar-refractivity contribution in [2.45, 2.75) is 45.4 Å². The molecule has 1 amide bonds. The predicted molar refractivity (Wildman–Crippen MR) is 112 cm³/mol. The molecule has 1 saturated heterocycles. The van der Waals surface area contributed by atoms with Gasteiger partial charge in [0, 0.05) is 24.5 Å². The van der Waals surface area contributed by atoms with Gasteiger partial charge >= 0.3 is 0 Å². The highest BCUT2D eigenvalue weighted by Crippen LogP contribution is 2.25. The molecule has 0 spiro atoms. The van der Waals surface area contributed by atoms with Crippen LogP contribution in [0.5, 0.6) is 5.75 Å². The number of hydrogen-bond donors (Lipinski definition) is 1. The summed E-state index contributed by atoms with van der Waals surface area (Å²) in [7, 11) is 0. The third-order valence-electron chi connectivity index (χ3n) is 4.96. The minimum absolute atomic E-state index is 0.127. The van der Waals surface area contributed by atoms with Crippen molar-refractivity contribution in [3.05, 3.63) is 54.1 Å². The number of carbonyl (C=O) groups is 1. The van der Waals surface area contributed by atoms with Gasteiger partial charge in [-0.15, -0.1) is 0 Å². The van der Waals surface area contributed by atoms with Gasteiger partial charge in [0.05, 0.1) is 12.2 Å². The molecule has 0 radical (unpaired) electrons. The van der Waals surface area contributed by atoms with Crippen molar-refractivity contribution in [3.63, 3.8) is 0 Å². The Balaban J connectivity index is 1.63. The van der Waals surface area contributed by atoms with Crippen LogP contribution in [0.3, 0.4) is 0 Å². The number of amides is 1. The predicted octanol–water partition coefficient (Wildman–Crippen LogP) is 5.50. The number of rotatable bonds is 9. The molecule has 0 atom stereocenters. The highest BCUT2D eigenvalue weighted by molar-refractivity contribution is 6.06. The van der Waals surface area contributed by atoms with Crippen molar-refractivity contribution in [2.75, 3.05) is 29.9 Å². The number of carbonyl (C=O) groups excluding carboxylic acids is 1. The molecule has 3 rings (SSSR count). The van der Waals surface area contributed by atoms with Crippen LogP contribution < -0.4 is 15.0 Å². The van der Waals surface area contributed by atoms with E-state index in [4.69, 9.17) is 4.74 Å². The molecule has 1 aliphatic rings. The summed E-state index contributed by atoms with van der Waals surface area (Å²) in [6, 6.07) is 15.6. The summed E-state index contributed by atoms with van der Waals surface area (Å²) in [5.41, 5.74) is 2.58. The lowest BCUT2D eigenvalue weighted by Gasteiger charge is -2.18. The van der Waals surface area contributed by atoms with Gasteiger partial charge in [0.2, 0.25) is 0 Å². The Morgan fingerprint density at radius 2 is 1.85 bits per heavy atom. The number of anilines is 2. The zero-order chi connectivity index (χ0) is 18.9. The first-order valence-electron chi connectivity index (χ1n) is 10.2. The maximum absolute atomic E-state index is 12.8. The highest BCUT2D eigenvalue weighted by atomic mass is 16.5. The Kier molecular flexibility index (Phi) is 7.14. The zero-order valence-corrected chi connectivity index (χ0v) is 16.2. The summed E-state index contributed by atoms with van der Waals surface area (Å²) >= 11 is 0. The minimum atomic E-state index is -0.127. The second-order valence-electron chi connectivity index (χ2n) is 7.10. The number of nitrogens with one attached hydrogen (secondary N) is 1. The van der Waals surface area contributed by atoms with Crippen LogP contribution in [0.4, 0.5) is 11.4 Å². The molecule has 0 bridgehead atoms. The van der Waals surface area contributed by atoms with Crippen LogP contribution in [0.15, 0.2) is 48.5 Å². The van der Waals surface area contributed by atoms with Crippen LogP contribution in [0, 0.1) is 0 Å². The van der Waals surface area contributed by atoms with Crippen LogP contribution in [0.25, 0.3) is 0 Å². The molecule has 27 heavy (non-hydrogen) atoms. The van der Waals surface area contributed by atoms with Crippen LogP contribution in [0.2, 0.25) is 0 Å². The van der Waals surface area contributed by atoms with E-state index >= 15 is 0 Å². The van der Waals surface area contributed by atoms with E-state index in [2.05, 4.69) is 29.3 Å². The van der Waals surface area contributed by atoms with E-state index in [1.807, 2.05) is 36.4 Å². The fourth-order valence-corrected chi connectivity index (χ4v) is 3.45. The van der Waals surface area contributed by atoms with Gasteiger partial charge in [-0.1, -0.05) is 44.4 Å². The molecule has 1 N–H and O–H groups in total. The van der Waals surface area contributed by atoms with E-state index in [9.17, 15) is 4.79 Å². The third-order valence-corrected chi connectivity index (χ3v) is 4.96. The summed E-state index contributed by atoms with van der Waals surface area (Å²) in [5.74, 6) is 0.528. The molecule has 0 aliphatic carbocycles. The van der Waals surface area contributed by atoms with E-state index in [1.54, 1.807) is 0 Å². The van der Waals surface area contributed by atoms with Gasteiger partial charge < -0.3 is 15.0 Å². The zero-order valence-electron chi connectivity index (χ0n) is 16.2. The van der Waals surface area contributed by atoms with Crippen molar-refractivity contribution in [1.82, 2.24) is 0 Å². The maximum Gasteiger partial charge on any atom is 0.259 e. The van der Waals surface area contributed by atoms with Gasteiger partial charge in [-0.05, 0) is 49.6 Å². The van der Waals surface area contributed by atoms with Gasteiger partial charge in [-0.3, -0.25) is 4.79 Å². The molecule has 1 aliphatic heterocycles. The monoisotopic (exact) mass is 366 g/mol. The number of nitrogens with zero attached hydrogens (tertiary/aromatic N) is 1. The van der Waals surface area contributed by atoms with Crippen molar-refractivity contribution in [1.29, 1.82) is 0 Å². The molecular formula is C23H30N2O2. The Morgan fingerprint density at radius 1 is 1.04 bits per heavy atom. The molecule has 0 saturated carbocycles. The van der Waals surface area contributed by atoms with Crippen LogP contribution in [-0.4, -0.2) is 25.6 Å². The lowest BCUT2D eigenvalue weighted by Crippen LogP contribution is -2.18. The van der Waals surface area contributed by atoms with E-state index in [1.165, 1.54) is 31.4 Å². The summed E-state index contributed by atoms with van der Waals surface area (Å²) in [6.45, 7) is 5.02. The first-order chi connectivity index (χ1) is 13.3. The normalized spacial score (nSPS) is 13.6. The minimum Gasteiger partial charge on any atom is -0.493 e. The average molecular weight is 367 g/mol. The van der Waals surface area contributed by atoms with Crippen LogP contribution in [0.1, 0.15) is 55.8 Å². The van der Waals surface area contributed by atoms with Crippen molar-refractivity contribution >= 4 is 17.3 Å². The molecule has 4 nitrogen and oxygen atoms in total. The van der Waals surface area contributed by atoms with Crippen LogP contribution in [-0.2, 0) is 0 Å². The Morgan fingerprint density at radius 3 is 2.67 bits per heavy atom. The van der Waals surface area contributed by atoms with Crippen molar-refractivity contribution < 1.29 is 9.53 Å². The van der Waals surface area contributed by atoms with E-state index in [0.717, 1.165) is 31.6 Å². The number of unbranched alkanes of at least 4 members (excludes halogenated alkanes) is 3. The molecule has 0 aromatic heterocycles. The lowest BCUT2D eigenvalue weighted by atomic mass is 10.1. The SMILES string of the molecule is CCCCCCOc1ccccc1C(=O)Nc1cccc(N2CCCC2)c1. The first-order valence-corrected chi connectivity index (χ1v) is 10.2. The molecule has 4 heteroatoms. The summed E-state index contributed by atoms with van der Waals surface area (Å²) < 4.78 is 5.88. The maximum atomic E-state index is 12.8. The molecule has 2 aromatic carbocycles. The van der Waals surface area contributed by atoms with Crippen LogP contribution >= 0.6 is 0 Å². The first kappa shape index (κ1) is 19.3. The van der Waals surface area contributed by atoms with E-state index in [0.29, 0.717) is 17.9 Å². The Bertz CT molecular complexity index is 739. The quantitative estimate of drug-likeness (QED) is 0.596. The van der Waals surface area contributed by atoms with Gasteiger partial charge in [0.1, 0.15) is 5.75 Å². The fourth-order valence-electron chi connectivity index (χ4n) is 3.45. The average Bonchev–Trinajstić information content (AvgIpc) is 3.23. The fraction of sp³-hybridized carbons (Fsp3) is 0.435. The summed E-state index contributed by atoms with van der Waals surface area (Å²) in [4.78, 5) is 15.2. The van der Waals surface area contributed by atoms with Gasteiger partial charge in [0.25, 0.3) is 5.91 Å². The lowest BCUT2D eigenvalue weighted by molar-refractivity contribution is 0.102. The van der Waals surface area contributed by atoms with E-state index < -0.39 is 0 Å². The van der Waals surface area contributed by atoms with Gasteiger partial charge in [0.15, 0.2) is 0 Å². The standard InChI is InChI=1S/C23H30N2O2/c1-2-3-4-9-17-27-22-14-6-5-13-21(22)23(26)24-19-11-10-12-20(18-19)25-15-7-8-16-25/h5-6,10-14,18H,2-4,7-9,15-17H2,1H3,(H,24,26). The van der Waals surface area contributed by atoms with Gasteiger partial charge in [-0.2, -0.15) is 0 Å². The second-order valence-corrected chi connectivity index (χ2v) is 7.10. The smallest absolute Gasteiger partial charge is 0.259 e. The van der Waals surface area contributed by atoms with Crippen molar-refractivity contribution in [2.24, 2.45) is 0 Å². The van der Waals surface area contributed by atoms with Crippen molar-refractivity contribution in [3.8, 4) is 5.75 Å². The van der Waals surface area contributed by atoms with E-state index in [-0.39, 0.29) is 5.91 Å². The summed E-state index contributed by atoms with van der Waals surface area (Å²) in [6.07, 6.45) is 7.07. The largest absolute Gasteiger partial charge is 0.493 e.